The number of nitrogens with one attached hydrogen (secondary N) is 1. The Kier molecular flexibility index (Phi) is 6.02. The second-order valence-electron chi connectivity index (χ2n) is 5.10. The van der Waals surface area contributed by atoms with Crippen molar-refractivity contribution in [1.29, 1.82) is 0 Å². The summed E-state index contributed by atoms with van der Waals surface area (Å²) in [6.45, 7) is 2.92. The molecular formula is C16H22N2O2S. The Morgan fingerprint density at radius 3 is 2.81 bits per heavy atom. The van der Waals surface area contributed by atoms with Crippen molar-refractivity contribution in [2.45, 2.75) is 26.2 Å². The molecule has 0 bridgehead atoms. The van der Waals surface area contributed by atoms with E-state index < -0.39 is 0 Å². The van der Waals surface area contributed by atoms with Gasteiger partial charge in [-0.3, -0.25) is 4.79 Å². The van der Waals surface area contributed by atoms with E-state index in [9.17, 15) is 4.79 Å². The molecule has 0 aromatic carbocycles. The molecule has 0 saturated heterocycles. The van der Waals surface area contributed by atoms with Gasteiger partial charge in [-0.15, -0.1) is 11.3 Å². The molecule has 5 heteroatoms. The minimum Gasteiger partial charge on any atom is -0.396 e. The first-order valence-corrected chi connectivity index (χ1v) is 8.24. The highest BCUT2D eigenvalue weighted by Gasteiger charge is 2.15. The third-order valence-electron chi connectivity index (χ3n) is 3.52. The van der Waals surface area contributed by atoms with Crippen molar-refractivity contribution in [2.75, 3.05) is 13.2 Å². The Morgan fingerprint density at radius 2 is 2.14 bits per heavy atom. The zero-order chi connectivity index (χ0) is 15.1. The van der Waals surface area contributed by atoms with Crippen LogP contribution in [0.2, 0.25) is 0 Å². The number of hydrogen-bond donors (Lipinski definition) is 2. The Balaban J connectivity index is 1.99. The first-order chi connectivity index (χ1) is 10.3. The van der Waals surface area contributed by atoms with Gasteiger partial charge in [0.1, 0.15) is 4.88 Å². The van der Waals surface area contributed by atoms with Crippen LogP contribution in [-0.2, 0) is 0 Å². The van der Waals surface area contributed by atoms with E-state index in [1.807, 2.05) is 40.5 Å². The van der Waals surface area contributed by atoms with Crippen LogP contribution >= 0.6 is 11.3 Å². The summed E-state index contributed by atoms with van der Waals surface area (Å²) in [6, 6.07) is 5.84. The maximum Gasteiger partial charge on any atom is 0.263 e. The topological polar surface area (TPSA) is 54.3 Å². The monoisotopic (exact) mass is 306 g/mol. The molecule has 0 saturated carbocycles. The van der Waals surface area contributed by atoms with E-state index in [2.05, 4.69) is 12.2 Å². The summed E-state index contributed by atoms with van der Waals surface area (Å²) in [7, 11) is 0. The molecule has 0 spiro atoms. The lowest BCUT2D eigenvalue weighted by atomic mass is 10.0. The molecule has 114 valence electrons. The maximum atomic E-state index is 12.4. The lowest BCUT2D eigenvalue weighted by molar-refractivity contribution is 0.0947. The van der Waals surface area contributed by atoms with Gasteiger partial charge in [0.15, 0.2) is 0 Å². The van der Waals surface area contributed by atoms with Crippen LogP contribution in [0.25, 0.3) is 5.69 Å². The van der Waals surface area contributed by atoms with Crippen LogP contribution in [0.4, 0.5) is 0 Å². The maximum absolute atomic E-state index is 12.4. The molecule has 2 N–H and O–H groups in total. The molecule has 21 heavy (non-hydrogen) atoms. The number of nitrogens with zero attached hydrogens (tertiary/aromatic N) is 1. The molecule has 1 amide bonds. The van der Waals surface area contributed by atoms with Crippen molar-refractivity contribution in [2.24, 2.45) is 5.92 Å². The Morgan fingerprint density at radius 1 is 1.38 bits per heavy atom. The average Bonchev–Trinajstić information content (AvgIpc) is 3.14. The molecule has 2 aromatic heterocycles. The van der Waals surface area contributed by atoms with E-state index in [0.29, 0.717) is 12.5 Å². The third-order valence-corrected chi connectivity index (χ3v) is 4.42. The highest BCUT2D eigenvalue weighted by atomic mass is 32.1. The molecule has 2 aromatic rings. The minimum atomic E-state index is -0.0345. The fourth-order valence-corrected chi connectivity index (χ4v) is 3.23. The zero-order valence-electron chi connectivity index (χ0n) is 12.3. The van der Waals surface area contributed by atoms with Crippen molar-refractivity contribution in [1.82, 2.24) is 9.88 Å². The molecule has 0 aliphatic heterocycles. The predicted octanol–water partition coefficient (Wildman–Crippen LogP) is 3.07. The number of aliphatic hydroxyl groups is 1. The quantitative estimate of drug-likeness (QED) is 0.787. The lowest BCUT2D eigenvalue weighted by Gasteiger charge is -2.15. The summed E-state index contributed by atoms with van der Waals surface area (Å²) in [5.74, 6) is 0.312. The summed E-state index contributed by atoms with van der Waals surface area (Å²) < 4.78 is 1.95. The first-order valence-electron chi connectivity index (χ1n) is 7.36. The number of hydrogen-bond acceptors (Lipinski definition) is 3. The van der Waals surface area contributed by atoms with Crippen molar-refractivity contribution < 1.29 is 9.90 Å². The molecule has 2 rings (SSSR count). The van der Waals surface area contributed by atoms with Gasteiger partial charge in [-0.05, 0) is 42.3 Å². The molecule has 1 atom stereocenters. The van der Waals surface area contributed by atoms with Crippen LogP contribution in [0.5, 0.6) is 0 Å². The smallest absolute Gasteiger partial charge is 0.263 e. The van der Waals surface area contributed by atoms with Gasteiger partial charge in [-0.25, -0.2) is 0 Å². The van der Waals surface area contributed by atoms with Gasteiger partial charge >= 0.3 is 0 Å². The van der Waals surface area contributed by atoms with E-state index in [1.54, 1.807) is 0 Å². The van der Waals surface area contributed by atoms with Crippen LogP contribution in [-0.4, -0.2) is 28.7 Å². The van der Waals surface area contributed by atoms with Crippen molar-refractivity contribution in [3.05, 3.63) is 40.8 Å². The van der Waals surface area contributed by atoms with E-state index in [-0.39, 0.29) is 12.5 Å². The van der Waals surface area contributed by atoms with Crippen LogP contribution < -0.4 is 5.32 Å². The normalized spacial score (nSPS) is 12.3. The molecule has 0 fully saturated rings. The number of aliphatic hydroxyl groups excluding tert-OH is 1. The van der Waals surface area contributed by atoms with Gasteiger partial charge in [0, 0.05) is 25.5 Å². The van der Waals surface area contributed by atoms with Gasteiger partial charge in [0.2, 0.25) is 0 Å². The second kappa shape index (κ2) is 8.00. The number of carbonyl (C=O) groups excluding carboxylic acids is 1. The van der Waals surface area contributed by atoms with Crippen molar-refractivity contribution >= 4 is 17.2 Å². The summed E-state index contributed by atoms with van der Waals surface area (Å²) in [6.07, 6.45) is 6.70. The standard InChI is InChI=1S/C16H22N2O2S/c1-2-5-13(6-10-19)12-17-16(20)15-14(7-11-21-15)18-8-3-4-9-18/h3-4,7-9,11,13,19H,2,5-6,10,12H2,1H3,(H,17,20). The van der Waals surface area contributed by atoms with E-state index >= 15 is 0 Å². The molecule has 0 aliphatic rings. The number of thiophene rings is 1. The third kappa shape index (κ3) is 4.19. The number of aromatic nitrogens is 1. The van der Waals surface area contributed by atoms with E-state index in [4.69, 9.17) is 5.11 Å². The van der Waals surface area contributed by atoms with Crippen LogP contribution in [0, 0.1) is 5.92 Å². The fraction of sp³-hybridized carbons (Fsp3) is 0.438. The van der Waals surface area contributed by atoms with Gasteiger partial charge in [-0.1, -0.05) is 13.3 Å². The molecule has 0 radical (unpaired) electrons. The summed E-state index contributed by atoms with van der Waals surface area (Å²) in [4.78, 5) is 13.1. The van der Waals surface area contributed by atoms with Crippen molar-refractivity contribution in [3.8, 4) is 5.69 Å². The molecular weight excluding hydrogens is 284 g/mol. The summed E-state index contributed by atoms with van der Waals surface area (Å²) >= 11 is 1.45. The Bertz CT molecular complexity index is 542. The van der Waals surface area contributed by atoms with E-state index in [0.717, 1.165) is 29.8 Å². The van der Waals surface area contributed by atoms with Gasteiger partial charge < -0.3 is 15.0 Å². The highest BCUT2D eigenvalue weighted by molar-refractivity contribution is 7.12. The minimum absolute atomic E-state index is 0.0345. The summed E-state index contributed by atoms with van der Waals surface area (Å²) in [5.41, 5.74) is 0.914. The van der Waals surface area contributed by atoms with Gasteiger partial charge in [0.05, 0.1) is 5.69 Å². The lowest BCUT2D eigenvalue weighted by Crippen LogP contribution is -2.29. The van der Waals surface area contributed by atoms with E-state index in [1.165, 1.54) is 11.3 Å². The number of rotatable bonds is 8. The Hall–Kier alpha value is -1.59. The first kappa shape index (κ1) is 15.8. The van der Waals surface area contributed by atoms with Crippen molar-refractivity contribution in [3.63, 3.8) is 0 Å². The Labute approximate surface area is 129 Å². The average molecular weight is 306 g/mol. The number of amides is 1. The van der Waals surface area contributed by atoms with Crippen LogP contribution in [0.15, 0.2) is 36.0 Å². The van der Waals surface area contributed by atoms with Crippen LogP contribution in [0.1, 0.15) is 35.9 Å². The zero-order valence-corrected chi connectivity index (χ0v) is 13.1. The SMILES string of the molecule is CCCC(CCO)CNC(=O)c1sccc1-n1cccc1. The summed E-state index contributed by atoms with van der Waals surface area (Å²) in [5, 5.41) is 14.0. The van der Waals surface area contributed by atoms with Crippen LogP contribution in [0.3, 0.4) is 0 Å². The molecule has 1 unspecified atom stereocenters. The van der Waals surface area contributed by atoms with Gasteiger partial charge in [-0.2, -0.15) is 0 Å². The molecule has 0 aliphatic carbocycles. The fourth-order valence-electron chi connectivity index (χ4n) is 2.43. The second-order valence-corrected chi connectivity index (χ2v) is 6.02. The highest BCUT2D eigenvalue weighted by Crippen LogP contribution is 2.21. The number of carbonyl (C=O) groups is 1. The predicted molar refractivity (Wildman–Crippen MR) is 86.1 cm³/mol. The molecule has 2 heterocycles. The largest absolute Gasteiger partial charge is 0.396 e. The molecule has 4 nitrogen and oxygen atoms in total. The van der Waals surface area contributed by atoms with Gasteiger partial charge in [0.25, 0.3) is 5.91 Å².